The third-order valence-electron chi connectivity index (χ3n) is 2.46. The third-order valence-corrected chi connectivity index (χ3v) is 2.99. The molecule has 0 aliphatic heterocycles. The fourth-order valence-corrected chi connectivity index (χ4v) is 2.08. The molecule has 86 valence electrons. The Bertz CT molecular complexity index is 423. The Kier molecular flexibility index (Phi) is 3.60. The fraction of sp³-hybridized carbons (Fsp3) is 0.444. The van der Waals surface area contributed by atoms with Crippen LogP contribution in [0.1, 0.15) is 24.5 Å². The summed E-state index contributed by atoms with van der Waals surface area (Å²) in [4.78, 5) is 4.31. The van der Waals surface area contributed by atoms with Crippen LogP contribution in [0.25, 0.3) is 0 Å². The van der Waals surface area contributed by atoms with Crippen molar-refractivity contribution in [1.29, 1.82) is 0 Å². The lowest BCUT2D eigenvalue weighted by Gasteiger charge is -2.13. The molecule has 3 N–H and O–H groups in total. The molecule has 6 nitrogen and oxygen atoms in total. The average molecular weight is 238 g/mol. The highest BCUT2D eigenvalue weighted by Crippen LogP contribution is 2.15. The van der Waals surface area contributed by atoms with Gasteiger partial charge in [0, 0.05) is 30.7 Å². The van der Waals surface area contributed by atoms with Gasteiger partial charge in [-0.15, -0.1) is 5.10 Å². The van der Waals surface area contributed by atoms with Crippen LogP contribution in [0.3, 0.4) is 0 Å². The predicted octanol–water partition coefficient (Wildman–Crippen LogP) is 0.502. The Balaban J connectivity index is 2.13. The molecule has 0 saturated carbocycles. The molecule has 0 aliphatic rings. The number of hydrogen-bond acceptors (Lipinski definition) is 6. The molecular formula is C9H14N6S. The summed E-state index contributed by atoms with van der Waals surface area (Å²) in [5.41, 5.74) is 3.60. The Morgan fingerprint density at radius 2 is 2.50 bits per heavy atom. The van der Waals surface area contributed by atoms with E-state index >= 15 is 0 Å². The zero-order valence-electron chi connectivity index (χ0n) is 9.00. The quantitative estimate of drug-likeness (QED) is 0.585. The lowest BCUT2D eigenvalue weighted by atomic mass is 10.1. The Morgan fingerprint density at radius 3 is 3.12 bits per heavy atom. The Morgan fingerprint density at radius 1 is 1.62 bits per heavy atom. The number of hydrazine groups is 1. The normalized spacial score (nSPS) is 12.9. The van der Waals surface area contributed by atoms with E-state index in [9.17, 15) is 0 Å². The van der Waals surface area contributed by atoms with Gasteiger partial charge in [-0.2, -0.15) is 0 Å². The number of imidazole rings is 1. The minimum atomic E-state index is -0.0357. The summed E-state index contributed by atoms with van der Waals surface area (Å²) in [7, 11) is 0. The van der Waals surface area contributed by atoms with Gasteiger partial charge in [-0.25, -0.2) is 4.98 Å². The summed E-state index contributed by atoms with van der Waals surface area (Å²) in [6, 6.07) is -0.0357. The van der Waals surface area contributed by atoms with E-state index in [4.69, 9.17) is 5.84 Å². The smallest absolute Gasteiger partial charge is 0.110 e. The topological polar surface area (TPSA) is 81.7 Å². The molecule has 0 radical (unpaired) electrons. The molecular weight excluding hydrogens is 224 g/mol. The molecule has 1 unspecified atom stereocenters. The molecule has 1 atom stereocenters. The van der Waals surface area contributed by atoms with E-state index in [1.807, 2.05) is 11.6 Å². The minimum absolute atomic E-state index is 0.0357. The van der Waals surface area contributed by atoms with Gasteiger partial charge < -0.3 is 4.57 Å². The van der Waals surface area contributed by atoms with E-state index in [1.54, 1.807) is 6.20 Å². The first-order chi connectivity index (χ1) is 7.85. The maximum Gasteiger partial charge on any atom is 0.110 e. The Hall–Kier alpha value is -1.31. The molecule has 2 rings (SSSR count). The number of hydrogen-bond donors (Lipinski definition) is 2. The van der Waals surface area contributed by atoms with Crippen LogP contribution >= 0.6 is 11.5 Å². The van der Waals surface area contributed by atoms with Gasteiger partial charge in [-0.3, -0.25) is 11.3 Å². The zero-order valence-corrected chi connectivity index (χ0v) is 9.81. The van der Waals surface area contributed by atoms with Crippen LogP contribution in [0.4, 0.5) is 0 Å². The second-order valence-corrected chi connectivity index (χ2v) is 3.99. The maximum absolute atomic E-state index is 5.52. The third kappa shape index (κ3) is 2.26. The van der Waals surface area contributed by atoms with E-state index in [0.29, 0.717) is 6.42 Å². The molecule has 0 amide bonds. The van der Waals surface area contributed by atoms with Crippen molar-refractivity contribution in [2.45, 2.75) is 25.9 Å². The summed E-state index contributed by atoms with van der Waals surface area (Å²) in [5, 5.41) is 5.91. The maximum atomic E-state index is 5.52. The molecule has 2 aromatic rings. The second kappa shape index (κ2) is 5.15. The van der Waals surface area contributed by atoms with Crippen LogP contribution in [0.5, 0.6) is 0 Å². The monoisotopic (exact) mass is 238 g/mol. The first kappa shape index (κ1) is 11.2. The number of aromatic nitrogens is 4. The van der Waals surface area contributed by atoms with Gasteiger partial charge in [0.25, 0.3) is 0 Å². The highest BCUT2D eigenvalue weighted by Gasteiger charge is 2.15. The van der Waals surface area contributed by atoms with Gasteiger partial charge in [0.15, 0.2) is 0 Å². The van der Waals surface area contributed by atoms with E-state index in [0.717, 1.165) is 18.1 Å². The van der Waals surface area contributed by atoms with Gasteiger partial charge in [0.2, 0.25) is 0 Å². The van der Waals surface area contributed by atoms with Gasteiger partial charge in [0.05, 0.1) is 11.7 Å². The van der Waals surface area contributed by atoms with Crippen molar-refractivity contribution in [2.75, 3.05) is 0 Å². The SMILES string of the molecule is CCn1ccnc1CC(NN)c1csnn1. The number of aryl methyl sites for hydroxylation is 1. The first-order valence-electron chi connectivity index (χ1n) is 5.08. The predicted molar refractivity (Wildman–Crippen MR) is 61.6 cm³/mol. The Labute approximate surface area is 97.6 Å². The van der Waals surface area contributed by atoms with Gasteiger partial charge in [0.1, 0.15) is 5.82 Å². The molecule has 0 saturated heterocycles. The van der Waals surface area contributed by atoms with Crippen LogP contribution in [-0.2, 0) is 13.0 Å². The van der Waals surface area contributed by atoms with Crippen molar-refractivity contribution in [3.8, 4) is 0 Å². The standard InChI is InChI=1S/C9H14N6S/c1-2-15-4-3-11-9(15)5-7(12-10)8-6-16-14-13-8/h3-4,6-7,12H,2,5,10H2,1H3. The van der Waals surface area contributed by atoms with Crippen LogP contribution in [-0.4, -0.2) is 19.1 Å². The van der Waals surface area contributed by atoms with Crippen molar-refractivity contribution in [3.05, 3.63) is 29.3 Å². The molecule has 2 aromatic heterocycles. The lowest BCUT2D eigenvalue weighted by molar-refractivity contribution is 0.511. The van der Waals surface area contributed by atoms with E-state index < -0.39 is 0 Å². The molecule has 0 bridgehead atoms. The summed E-state index contributed by atoms with van der Waals surface area (Å²) < 4.78 is 5.92. The number of nitrogens with two attached hydrogens (primary N) is 1. The molecule has 0 spiro atoms. The fourth-order valence-electron chi connectivity index (χ4n) is 1.57. The van der Waals surface area contributed by atoms with Gasteiger partial charge in [-0.1, -0.05) is 4.49 Å². The largest absolute Gasteiger partial charge is 0.335 e. The highest BCUT2D eigenvalue weighted by atomic mass is 32.1. The summed E-state index contributed by atoms with van der Waals surface area (Å²) in [5.74, 6) is 6.52. The summed E-state index contributed by atoms with van der Waals surface area (Å²) in [6.45, 7) is 2.99. The molecule has 2 heterocycles. The molecule has 7 heteroatoms. The van der Waals surface area contributed by atoms with E-state index in [1.165, 1.54) is 11.5 Å². The molecule has 0 fully saturated rings. The average Bonchev–Trinajstić information content (AvgIpc) is 2.96. The zero-order chi connectivity index (χ0) is 11.4. The van der Waals surface area contributed by atoms with Crippen LogP contribution < -0.4 is 11.3 Å². The van der Waals surface area contributed by atoms with Crippen LogP contribution in [0.2, 0.25) is 0 Å². The molecule has 0 aliphatic carbocycles. The van der Waals surface area contributed by atoms with Gasteiger partial charge in [-0.05, 0) is 18.5 Å². The van der Waals surface area contributed by atoms with Crippen molar-refractivity contribution in [1.82, 2.24) is 24.6 Å². The van der Waals surface area contributed by atoms with Crippen molar-refractivity contribution >= 4 is 11.5 Å². The number of nitrogens with one attached hydrogen (secondary N) is 1. The minimum Gasteiger partial charge on any atom is -0.335 e. The second-order valence-electron chi connectivity index (χ2n) is 3.38. The van der Waals surface area contributed by atoms with Crippen LogP contribution in [0.15, 0.2) is 17.8 Å². The van der Waals surface area contributed by atoms with Crippen molar-refractivity contribution in [3.63, 3.8) is 0 Å². The molecule has 0 aromatic carbocycles. The van der Waals surface area contributed by atoms with Crippen LogP contribution in [0, 0.1) is 0 Å². The summed E-state index contributed by atoms with van der Waals surface area (Å²) >= 11 is 1.32. The van der Waals surface area contributed by atoms with E-state index in [-0.39, 0.29) is 6.04 Å². The number of rotatable bonds is 5. The van der Waals surface area contributed by atoms with Gasteiger partial charge >= 0.3 is 0 Å². The highest BCUT2D eigenvalue weighted by molar-refractivity contribution is 7.03. The number of nitrogens with zero attached hydrogens (tertiary/aromatic N) is 4. The van der Waals surface area contributed by atoms with E-state index in [2.05, 4.69) is 31.5 Å². The molecule has 16 heavy (non-hydrogen) atoms. The van der Waals surface area contributed by atoms with Crippen molar-refractivity contribution in [2.24, 2.45) is 5.84 Å². The van der Waals surface area contributed by atoms with Crippen molar-refractivity contribution < 1.29 is 0 Å². The summed E-state index contributed by atoms with van der Waals surface area (Å²) in [6.07, 6.45) is 4.47. The lowest BCUT2D eigenvalue weighted by Crippen LogP contribution is -2.30. The first-order valence-corrected chi connectivity index (χ1v) is 5.92.